The van der Waals surface area contributed by atoms with E-state index in [1.807, 2.05) is 49.2 Å². The number of aryl methyl sites for hydroxylation is 2. The van der Waals surface area contributed by atoms with Crippen LogP contribution >= 0.6 is 0 Å². The smallest absolute Gasteiger partial charge is 0.407 e. The molecule has 3 fully saturated rings. The largest absolute Gasteiger partial charge is 0.508 e. The number of ether oxygens (including phenoxy) is 2. The number of aldehydes is 1. The summed E-state index contributed by atoms with van der Waals surface area (Å²) in [7, 11) is 1.93. The summed E-state index contributed by atoms with van der Waals surface area (Å²) >= 11 is 0. The number of aliphatic hydroxyl groups excluding tert-OH is 1. The van der Waals surface area contributed by atoms with E-state index in [1.54, 1.807) is 19.9 Å². The molecule has 2 saturated heterocycles. The number of benzene rings is 3. The number of carbonyl (C=O) groups is 3. The van der Waals surface area contributed by atoms with Crippen molar-refractivity contribution in [2.45, 2.75) is 78.1 Å². The van der Waals surface area contributed by atoms with Gasteiger partial charge < -0.3 is 44.8 Å². The lowest BCUT2D eigenvalue weighted by Crippen LogP contribution is -2.66. The summed E-state index contributed by atoms with van der Waals surface area (Å²) in [6.07, 6.45) is 5.25. The molecule has 2 unspecified atom stereocenters. The maximum absolute atomic E-state index is 15.4. The molecule has 1 amide bonds. The van der Waals surface area contributed by atoms with Crippen LogP contribution in [0.3, 0.4) is 0 Å². The lowest BCUT2D eigenvalue weighted by molar-refractivity contribution is -0.147. The molecule has 5 heterocycles. The molecular formula is C53H59FN8O8. The lowest BCUT2D eigenvalue weighted by Gasteiger charge is -2.59. The Bertz CT molecular complexity index is 2900. The van der Waals surface area contributed by atoms with Gasteiger partial charge in [-0.15, -0.1) is 5.10 Å². The maximum Gasteiger partial charge on any atom is 0.407 e. The number of cyclic esters (lactones) is 1. The highest BCUT2D eigenvalue weighted by Gasteiger charge is 2.54. The lowest BCUT2D eigenvalue weighted by atomic mass is 9.61. The number of halogens is 1. The molecule has 366 valence electrons. The van der Waals surface area contributed by atoms with E-state index in [9.17, 15) is 29.7 Å². The minimum Gasteiger partial charge on any atom is -0.508 e. The van der Waals surface area contributed by atoms with E-state index in [1.165, 1.54) is 17.0 Å². The van der Waals surface area contributed by atoms with Crippen LogP contribution in [0, 0.1) is 36.9 Å². The Labute approximate surface area is 405 Å². The Hall–Kier alpha value is -6.69. The van der Waals surface area contributed by atoms with Crippen molar-refractivity contribution in [2.75, 3.05) is 58.0 Å². The molecule has 4 N–H and O–H groups in total. The standard InChI is InChI=1S/C53H59FN8O8/c1-6-36-38(33(24-63)25-69-51(36)67)14-44-49-40(23-59(44)5)48-42(12-11-37-30(3)41(54)15-43(56-49)47(37)48)57-52(68)70-35-17-53(18-35)26-61(27-53)22-32-20-60(21-32)19-31-7-9-34(10-8-31)62(28-64)50(58-55-4)39-13-29(2)45(65)16-46(39)66/h7-10,13-16,24,32,35-36,42,64-66H,4,6,11-12,17-23,25-28H2,1-3,5H3,(H,57,68)/b44-14-,58-50-. The van der Waals surface area contributed by atoms with Crippen molar-refractivity contribution in [3.63, 3.8) is 0 Å². The van der Waals surface area contributed by atoms with Crippen molar-refractivity contribution in [3.05, 3.63) is 110 Å². The second-order valence-corrected chi connectivity index (χ2v) is 20.1. The van der Waals surface area contributed by atoms with Crippen molar-refractivity contribution in [1.29, 1.82) is 0 Å². The van der Waals surface area contributed by atoms with Crippen molar-refractivity contribution in [3.8, 4) is 11.5 Å². The molecule has 1 spiro atoms. The van der Waals surface area contributed by atoms with Crippen LogP contribution in [0.25, 0.3) is 16.6 Å². The van der Waals surface area contributed by atoms with E-state index in [0.717, 1.165) is 91.7 Å². The van der Waals surface area contributed by atoms with Gasteiger partial charge in [0.2, 0.25) is 0 Å². The number of amides is 1. The van der Waals surface area contributed by atoms with Crippen LogP contribution in [0.15, 0.2) is 69.9 Å². The minimum atomic E-state index is -0.590. The Morgan fingerprint density at radius 3 is 2.56 bits per heavy atom. The fourth-order valence-corrected chi connectivity index (χ4v) is 11.9. The second kappa shape index (κ2) is 18.6. The number of hydrogen-bond acceptors (Lipinski definition) is 14. The fraction of sp³-hybridized carbons (Fsp3) is 0.434. The number of aromatic nitrogens is 1. The molecule has 16 nitrogen and oxygen atoms in total. The molecule has 70 heavy (non-hydrogen) atoms. The number of nitrogens with one attached hydrogen (secondary N) is 1. The Kier molecular flexibility index (Phi) is 12.5. The minimum absolute atomic E-state index is 0.0525. The number of alkyl carbamates (subject to hydrolysis) is 1. The van der Waals surface area contributed by atoms with Gasteiger partial charge in [0, 0.05) is 99.3 Å². The summed E-state index contributed by atoms with van der Waals surface area (Å²) in [6, 6.07) is 11.7. The number of amidine groups is 1. The van der Waals surface area contributed by atoms with Gasteiger partial charge in [0.05, 0.1) is 34.4 Å². The first kappa shape index (κ1) is 47.0. The number of carbonyl (C=O) groups excluding carboxylic acids is 3. The topological polar surface area (TPSA) is 193 Å². The van der Waals surface area contributed by atoms with E-state index in [0.29, 0.717) is 76.5 Å². The molecule has 10 rings (SSSR count). The number of fused-ring (bicyclic) bond motifs is 2. The number of aliphatic hydroxyl groups is 1. The second-order valence-electron chi connectivity index (χ2n) is 20.1. The molecule has 0 radical (unpaired) electrons. The zero-order chi connectivity index (χ0) is 49.2. The van der Waals surface area contributed by atoms with E-state index in [4.69, 9.17) is 14.5 Å². The van der Waals surface area contributed by atoms with Crippen molar-refractivity contribution >= 4 is 53.2 Å². The first-order valence-corrected chi connectivity index (χ1v) is 24.1. The van der Waals surface area contributed by atoms with Crippen LogP contribution in [0.4, 0.5) is 14.9 Å². The summed E-state index contributed by atoms with van der Waals surface area (Å²) in [5, 5.41) is 42.8. The van der Waals surface area contributed by atoms with E-state index >= 15 is 4.39 Å². The molecule has 2 atom stereocenters. The maximum atomic E-state index is 15.4. The zero-order valence-corrected chi connectivity index (χ0v) is 40.0. The highest BCUT2D eigenvalue weighted by Crippen LogP contribution is 2.51. The van der Waals surface area contributed by atoms with E-state index in [-0.39, 0.29) is 53.3 Å². The van der Waals surface area contributed by atoms with Gasteiger partial charge in [-0.2, -0.15) is 5.10 Å². The first-order chi connectivity index (χ1) is 33.7. The Morgan fingerprint density at radius 1 is 1.10 bits per heavy atom. The SMILES string of the molecule is C=N/N=C(/c1cc(C)c(O)cc1O)N(CO)c1ccc(CN2CC(CN3CC4(CC(OC(=O)NC5CCc6c(C)c(F)cc7nc8c(c5c67)CN(C)/C8=C\C5=C(C=O)COC(=O)C5CC)C4)C3)C2)cc1. The van der Waals surface area contributed by atoms with Crippen LogP contribution in [-0.4, -0.2) is 125 Å². The molecule has 3 aromatic carbocycles. The predicted octanol–water partition coefficient (Wildman–Crippen LogP) is 6.40. The van der Waals surface area contributed by atoms with Gasteiger partial charge >= 0.3 is 12.1 Å². The van der Waals surface area contributed by atoms with Gasteiger partial charge in [0.25, 0.3) is 0 Å². The number of phenols is 2. The van der Waals surface area contributed by atoms with E-state index < -0.39 is 18.7 Å². The van der Waals surface area contributed by atoms with Gasteiger partial charge in [0.15, 0.2) is 5.84 Å². The number of likely N-dealkylation sites (tertiary alicyclic amines) is 2. The molecule has 2 aliphatic carbocycles. The highest BCUT2D eigenvalue weighted by atomic mass is 19.1. The fourth-order valence-electron chi connectivity index (χ4n) is 11.9. The van der Waals surface area contributed by atoms with Crippen LogP contribution in [0.1, 0.15) is 83.3 Å². The molecule has 4 aromatic rings. The molecular weight excluding hydrogens is 896 g/mol. The predicted molar refractivity (Wildman–Crippen MR) is 262 cm³/mol. The summed E-state index contributed by atoms with van der Waals surface area (Å²) < 4.78 is 26.8. The van der Waals surface area contributed by atoms with Crippen molar-refractivity contribution in [1.82, 2.24) is 25.0 Å². The third kappa shape index (κ3) is 8.46. The van der Waals surface area contributed by atoms with Gasteiger partial charge in [-0.1, -0.05) is 19.1 Å². The van der Waals surface area contributed by atoms with Gasteiger partial charge in [-0.05, 0) is 110 Å². The van der Waals surface area contributed by atoms with Gasteiger partial charge in [-0.25, -0.2) is 14.2 Å². The summed E-state index contributed by atoms with van der Waals surface area (Å²) in [5.74, 6) is -0.772. The average molecular weight is 955 g/mol. The number of esters is 1. The number of anilines is 1. The van der Waals surface area contributed by atoms with Crippen LogP contribution in [0.5, 0.6) is 11.5 Å². The molecule has 1 saturated carbocycles. The van der Waals surface area contributed by atoms with Crippen LogP contribution in [0.2, 0.25) is 0 Å². The zero-order valence-electron chi connectivity index (χ0n) is 40.0. The van der Waals surface area contributed by atoms with Crippen molar-refractivity contribution in [2.24, 2.45) is 27.5 Å². The normalized spacial score (nSPS) is 21.9. The number of pyridine rings is 1. The summed E-state index contributed by atoms with van der Waals surface area (Å²) in [4.78, 5) is 52.1. The number of hydrogen-bond donors (Lipinski definition) is 4. The van der Waals surface area contributed by atoms with Gasteiger partial charge in [0.1, 0.15) is 43.0 Å². The highest BCUT2D eigenvalue weighted by molar-refractivity contribution is 6.11. The summed E-state index contributed by atoms with van der Waals surface area (Å²) in [5.41, 5.74) is 9.02. The van der Waals surface area contributed by atoms with Gasteiger partial charge in [-0.3, -0.25) is 14.5 Å². The third-order valence-corrected chi connectivity index (χ3v) is 15.4. The number of allylic oxidation sites excluding steroid dienone is 1. The van der Waals surface area contributed by atoms with E-state index in [2.05, 4.69) is 32.0 Å². The van der Waals surface area contributed by atoms with Crippen LogP contribution < -0.4 is 10.2 Å². The van der Waals surface area contributed by atoms with Crippen LogP contribution in [-0.2, 0) is 38.6 Å². The Balaban J connectivity index is 0.726. The molecule has 4 aliphatic heterocycles. The number of phenolic OH excluding ortho intramolecular Hbond substituents is 2. The van der Waals surface area contributed by atoms with Crippen molar-refractivity contribution < 1.29 is 43.6 Å². The summed E-state index contributed by atoms with van der Waals surface area (Å²) in [6.45, 7) is 14.6. The molecule has 17 heteroatoms. The number of rotatable bonds is 13. The Morgan fingerprint density at radius 2 is 1.86 bits per heavy atom. The molecule has 0 bridgehead atoms. The number of nitrogens with zero attached hydrogens (tertiary/aromatic N) is 7. The molecule has 1 aromatic heterocycles. The molecule has 6 aliphatic rings. The number of aromatic hydroxyl groups is 2. The third-order valence-electron chi connectivity index (χ3n) is 15.4. The average Bonchev–Trinajstić information content (AvgIpc) is 3.61. The monoisotopic (exact) mass is 954 g/mol. The first-order valence-electron chi connectivity index (χ1n) is 24.1. The quantitative estimate of drug-likeness (QED) is 0.0288.